The van der Waals surface area contributed by atoms with Crippen molar-refractivity contribution in [1.29, 1.82) is 0 Å². The van der Waals surface area contributed by atoms with Crippen LogP contribution in [0.5, 0.6) is 5.75 Å². The van der Waals surface area contributed by atoms with Gasteiger partial charge in [0, 0.05) is 30.7 Å². The molecule has 2 fully saturated rings. The third-order valence-corrected chi connectivity index (χ3v) is 6.18. The number of nitrogens with zero attached hydrogens (tertiary/aromatic N) is 4. The molecule has 2 aliphatic heterocycles. The minimum Gasteiger partial charge on any atom is -0.496 e. The molecule has 0 unspecified atom stereocenters. The van der Waals surface area contributed by atoms with E-state index in [9.17, 15) is 0 Å². The molecule has 134 valence electrons. The summed E-state index contributed by atoms with van der Waals surface area (Å²) in [7, 11) is 1.69. The number of aromatic nitrogens is 2. The smallest absolute Gasteiger partial charge is 0.205 e. The predicted octanol–water partition coefficient (Wildman–Crippen LogP) is 3.67. The Morgan fingerprint density at radius 2 is 1.80 bits per heavy atom. The molecule has 3 heterocycles. The van der Waals surface area contributed by atoms with E-state index in [0.29, 0.717) is 0 Å². The quantitative estimate of drug-likeness (QED) is 0.834. The standard InChI is InChI=1S/C19H26N4OS/c1-24-17-8-4-3-7-16(17)18-20-19(25-21-18)23-13-9-15(10-14-23)22-11-5-2-6-12-22/h3-4,7-8,15H,2,5-6,9-14H2,1H3. The first-order valence-electron chi connectivity index (χ1n) is 9.31. The van der Waals surface area contributed by atoms with Crippen LogP contribution in [0.3, 0.4) is 0 Å². The first kappa shape index (κ1) is 16.8. The Morgan fingerprint density at radius 1 is 1.04 bits per heavy atom. The molecule has 2 aromatic rings. The summed E-state index contributed by atoms with van der Waals surface area (Å²) in [6.07, 6.45) is 6.64. The van der Waals surface area contributed by atoms with Crippen molar-refractivity contribution >= 4 is 16.7 Å². The second kappa shape index (κ2) is 7.70. The van der Waals surface area contributed by atoms with Crippen LogP contribution in [0.2, 0.25) is 0 Å². The lowest BCUT2D eigenvalue weighted by molar-refractivity contribution is 0.141. The van der Waals surface area contributed by atoms with Crippen LogP contribution in [0.1, 0.15) is 32.1 Å². The van der Waals surface area contributed by atoms with E-state index in [1.54, 1.807) is 7.11 Å². The average Bonchev–Trinajstić information content (AvgIpc) is 3.19. The average molecular weight is 359 g/mol. The SMILES string of the molecule is COc1ccccc1-c1nsc(N2CCC(N3CCCCC3)CC2)n1. The van der Waals surface area contributed by atoms with E-state index in [-0.39, 0.29) is 0 Å². The zero-order valence-electron chi connectivity index (χ0n) is 14.9. The predicted molar refractivity (Wildman–Crippen MR) is 103 cm³/mol. The number of methoxy groups -OCH3 is 1. The largest absolute Gasteiger partial charge is 0.496 e. The third-order valence-electron chi connectivity index (χ3n) is 5.41. The van der Waals surface area contributed by atoms with Crippen LogP contribution in [0, 0.1) is 0 Å². The van der Waals surface area contributed by atoms with Crippen LogP contribution in [-0.4, -0.2) is 53.6 Å². The Morgan fingerprint density at radius 3 is 2.56 bits per heavy atom. The summed E-state index contributed by atoms with van der Waals surface area (Å²) in [4.78, 5) is 9.90. The molecule has 1 aromatic carbocycles. The number of piperidine rings is 2. The topological polar surface area (TPSA) is 41.5 Å². The minimum absolute atomic E-state index is 0.762. The molecule has 0 spiro atoms. The van der Waals surface area contributed by atoms with Crippen LogP contribution in [0.25, 0.3) is 11.4 Å². The molecular formula is C19H26N4OS. The van der Waals surface area contributed by atoms with Crippen LogP contribution in [-0.2, 0) is 0 Å². The van der Waals surface area contributed by atoms with Crippen molar-refractivity contribution < 1.29 is 4.74 Å². The Balaban J connectivity index is 1.41. The van der Waals surface area contributed by atoms with Gasteiger partial charge in [0.15, 0.2) is 5.82 Å². The van der Waals surface area contributed by atoms with E-state index in [1.165, 1.54) is 56.7 Å². The molecule has 4 rings (SSSR count). The normalized spacial score (nSPS) is 20.0. The molecule has 2 aliphatic rings. The van der Waals surface area contributed by atoms with Gasteiger partial charge in [-0.05, 0) is 50.9 Å². The molecule has 0 aliphatic carbocycles. The third kappa shape index (κ3) is 3.65. The van der Waals surface area contributed by atoms with E-state index in [1.807, 2.05) is 24.3 Å². The van der Waals surface area contributed by atoms with Crippen LogP contribution in [0.15, 0.2) is 24.3 Å². The highest BCUT2D eigenvalue weighted by atomic mass is 32.1. The zero-order valence-corrected chi connectivity index (χ0v) is 15.7. The summed E-state index contributed by atoms with van der Waals surface area (Å²) in [5.41, 5.74) is 0.968. The molecular weight excluding hydrogens is 332 g/mol. The highest BCUT2D eigenvalue weighted by Gasteiger charge is 2.27. The number of likely N-dealkylation sites (tertiary alicyclic amines) is 1. The minimum atomic E-state index is 0.762. The number of anilines is 1. The summed E-state index contributed by atoms with van der Waals surface area (Å²) in [5.74, 6) is 1.60. The Bertz CT molecular complexity index is 690. The molecule has 0 bridgehead atoms. The number of benzene rings is 1. The fourth-order valence-corrected chi connectivity index (χ4v) is 4.72. The molecule has 1 aromatic heterocycles. The van der Waals surface area contributed by atoms with E-state index in [4.69, 9.17) is 9.72 Å². The maximum atomic E-state index is 5.44. The van der Waals surface area contributed by atoms with Gasteiger partial charge in [-0.15, -0.1) is 0 Å². The molecule has 0 radical (unpaired) electrons. The lowest BCUT2D eigenvalue weighted by Crippen LogP contribution is -2.46. The lowest BCUT2D eigenvalue weighted by atomic mass is 10.0. The maximum absolute atomic E-state index is 5.44. The fourth-order valence-electron chi connectivity index (χ4n) is 3.99. The molecule has 0 saturated carbocycles. The van der Waals surface area contributed by atoms with Crippen molar-refractivity contribution in [2.75, 3.05) is 38.2 Å². The zero-order chi connectivity index (χ0) is 17.1. The lowest BCUT2D eigenvalue weighted by Gasteiger charge is -2.40. The van der Waals surface area contributed by atoms with E-state index in [0.717, 1.165) is 41.4 Å². The molecule has 0 atom stereocenters. The Labute approximate surface area is 153 Å². The van der Waals surface area contributed by atoms with E-state index >= 15 is 0 Å². The second-order valence-electron chi connectivity index (χ2n) is 6.92. The molecule has 0 N–H and O–H groups in total. The van der Waals surface area contributed by atoms with Gasteiger partial charge in [0.05, 0.1) is 12.7 Å². The summed E-state index contributed by atoms with van der Waals surface area (Å²) < 4.78 is 10.0. The number of para-hydroxylation sites is 1. The van der Waals surface area contributed by atoms with Crippen molar-refractivity contribution in [3.05, 3.63) is 24.3 Å². The van der Waals surface area contributed by atoms with E-state index in [2.05, 4.69) is 14.2 Å². The Kier molecular flexibility index (Phi) is 5.17. The van der Waals surface area contributed by atoms with Crippen molar-refractivity contribution in [2.24, 2.45) is 0 Å². The van der Waals surface area contributed by atoms with Gasteiger partial charge < -0.3 is 14.5 Å². The van der Waals surface area contributed by atoms with Crippen molar-refractivity contribution in [3.63, 3.8) is 0 Å². The highest BCUT2D eigenvalue weighted by molar-refractivity contribution is 7.09. The molecule has 25 heavy (non-hydrogen) atoms. The summed E-state index contributed by atoms with van der Waals surface area (Å²) in [5, 5.41) is 1.04. The maximum Gasteiger partial charge on any atom is 0.205 e. The number of ether oxygens (including phenoxy) is 1. The highest BCUT2D eigenvalue weighted by Crippen LogP contribution is 2.32. The van der Waals surface area contributed by atoms with Gasteiger partial charge >= 0.3 is 0 Å². The summed E-state index contributed by atoms with van der Waals surface area (Å²) in [6, 6.07) is 8.72. The summed E-state index contributed by atoms with van der Waals surface area (Å²) >= 11 is 1.50. The van der Waals surface area contributed by atoms with Gasteiger partial charge in [-0.2, -0.15) is 9.36 Å². The van der Waals surface area contributed by atoms with Gasteiger partial charge in [-0.1, -0.05) is 18.6 Å². The van der Waals surface area contributed by atoms with Gasteiger partial charge in [0.25, 0.3) is 0 Å². The second-order valence-corrected chi connectivity index (χ2v) is 7.65. The van der Waals surface area contributed by atoms with Crippen LogP contribution in [0.4, 0.5) is 5.13 Å². The van der Waals surface area contributed by atoms with Gasteiger partial charge in [-0.3, -0.25) is 0 Å². The van der Waals surface area contributed by atoms with E-state index < -0.39 is 0 Å². The van der Waals surface area contributed by atoms with Crippen molar-refractivity contribution in [2.45, 2.75) is 38.1 Å². The summed E-state index contributed by atoms with van der Waals surface area (Å²) in [6.45, 7) is 4.76. The number of hydrogen-bond acceptors (Lipinski definition) is 6. The first-order chi connectivity index (χ1) is 12.3. The van der Waals surface area contributed by atoms with Gasteiger partial charge in [0.2, 0.25) is 5.13 Å². The molecule has 0 amide bonds. The monoisotopic (exact) mass is 358 g/mol. The van der Waals surface area contributed by atoms with Crippen molar-refractivity contribution in [3.8, 4) is 17.1 Å². The first-order valence-corrected chi connectivity index (χ1v) is 10.1. The molecule has 2 saturated heterocycles. The van der Waals surface area contributed by atoms with Crippen molar-refractivity contribution in [1.82, 2.24) is 14.3 Å². The number of hydrogen-bond donors (Lipinski definition) is 0. The molecule has 5 nitrogen and oxygen atoms in total. The van der Waals surface area contributed by atoms with Crippen LogP contribution < -0.4 is 9.64 Å². The number of rotatable bonds is 4. The van der Waals surface area contributed by atoms with Crippen LogP contribution >= 0.6 is 11.5 Å². The fraction of sp³-hybridized carbons (Fsp3) is 0.579. The van der Waals surface area contributed by atoms with Gasteiger partial charge in [-0.25, -0.2) is 0 Å². The Hall–Kier alpha value is -1.66. The molecule has 6 heteroatoms. The van der Waals surface area contributed by atoms with Gasteiger partial charge in [0.1, 0.15) is 5.75 Å².